The molecule has 0 saturated carbocycles. The molecule has 1 saturated heterocycles. The van der Waals surface area contributed by atoms with Crippen molar-refractivity contribution in [2.45, 2.75) is 6.42 Å². The van der Waals surface area contributed by atoms with E-state index < -0.39 is 10.0 Å². The van der Waals surface area contributed by atoms with Crippen LogP contribution >= 0.6 is 0 Å². The lowest BCUT2D eigenvalue weighted by atomic mass is 10.1. The average molecular weight is 382 g/mol. The number of sulfonamides is 1. The molecule has 2 aromatic carbocycles. The highest BCUT2D eigenvalue weighted by molar-refractivity contribution is 7.88. The summed E-state index contributed by atoms with van der Waals surface area (Å²) in [6.45, 7) is 2.04. The van der Waals surface area contributed by atoms with Crippen molar-refractivity contribution in [2.24, 2.45) is 5.92 Å². The average Bonchev–Trinajstić information content (AvgIpc) is 3.15. The van der Waals surface area contributed by atoms with Crippen LogP contribution in [0.1, 0.15) is 6.42 Å². The van der Waals surface area contributed by atoms with E-state index in [1.165, 1.54) is 17.0 Å². The SMILES string of the molecule is CS(=O)(=O)NCC1CCN(c2nccc(-c3ccc4ccccc4c3)n2)C1. The van der Waals surface area contributed by atoms with E-state index in [9.17, 15) is 8.42 Å². The number of fused-ring (bicyclic) bond motifs is 1. The third kappa shape index (κ3) is 4.26. The molecule has 6 nitrogen and oxygen atoms in total. The maximum atomic E-state index is 11.3. The Balaban J connectivity index is 1.52. The second-order valence-corrected chi connectivity index (χ2v) is 8.86. The van der Waals surface area contributed by atoms with Crippen LogP contribution < -0.4 is 9.62 Å². The Hall–Kier alpha value is -2.51. The minimum Gasteiger partial charge on any atom is -0.340 e. The first-order valence-electron chi connectivity index (χ1n) is 9.00. The molecule has 1 N–H and O–H groups in total. The van der Waals surface area contributed by atoms with Crippen LogP contribution in [-0.4, -0.2) is 44.3 Å². The van der Waals surface area contributed by atoms with E-state index in [1.807, 2.05) is 18.2 Å². The van der Waals surface area contributed by atoms with Crippen LogP contribution in [0.5, 0.6) is 0 Å². The lowest BCUT2D eigenvalue weighted by Gasteiger charge is -2.17. The van der Waals surface area contributed by atoms with Gasteiger partial charge in [0.2, 0.25) is 16.0 Å². The fraction of sp³-hybridized carbons (Fsp3) is 0.300. The second-order valence-electron chi connectivity index (χ2n) is 7.03. The Kier molecular flexibility index (Phi) is 4.80. The third-order valence-corrected chi connectivity index (χ3v) is 5.58. The molecule has 140 valence electrons. The van der Waals surface area contributed by atoms with Crippen LogP contribution in [0.3, 0.4) is 0 Å². The molecule has 2 heterocycles. The van der Waals surface area contributed by atoms with E-state index in [1.54, 1.807) is 6.20 Å². The molecule has 1 unspecified atom stereocenters. The molecule has 1 aromatic heterocycles. The van der Waals surface area contributed by atoms with Gasteiger partial charge in [-0.1, -0.05) is 36.4 Å². The zero-order chi connectivity index (χ0) is 18.9. The molecule has 1 atom stereocenters. The first-order chi connectivity index (χ1) is 13.0. The molecule has 27 heavy (non-hydrogen) atoms. The minimum atomic E-state index is -3.15. The van der Waals surface area contributed by atoms with Gasteiger partial charge in [-0.15, -0.1) is 0 Å². The molecule has 0 aliphatic carbocycles. The van der Waals surface area contributed by atoms with Crippen LogP contribution in [0, 0.1) is 5.92 Å². The van der Waals surface area contributed by atoms with Gasteiger partial charge >= 0.3 is 0 Å². The topological polar surface area (TPSA) is 75.2 Å². The van der Waals surface area contributed by atoms with Gasteiger partial charge < -0.3 is 4.90 Å². The molecule has 4 rings (SSSR count). The van der Waals surface area contributed by atoms with E-state index in [4.69, 9.17) is 4.98 Å². The fourth-order valence-corrected chi connectivity index (χ4v) is 4.00. The van der Waals surface area contributed by atoms with Gasteiger partial charge in [0.15, 0.2) is 0 Å². The maximum Gasteiger partial charge on any atom is 0.225 e. The van der Waals surface area contributed by atoms with Gasteiger partial charge in [0, 0.05) is 31.4 Å². The smallest absolute Gasteiger partial charge is 0.225 e. The molecule has 0 amide bonds. The van der Waals surface area contributed by atoms with E-state index in [2.05, 4.69) is 44.9 Å². The molecule has 0 bridgehead atoms. The molecular weight excluding hydrogens is 360 g/mol. The van der Waals surface area contributed by atoms with Crippen LogP contribution in [0.2, 0.25) is 0 Å². The van der Waals surface area contributed by atoms with Crippen molar-refractivity contribution < 1.29 is 8.42 Å². The summed E-state index contributed by atoms with van der Waals surface area (Å²) in [6.07, 6.45) is 3.90. The fourth-order valence-electron chi connectivity index (χ4n) is 3.46. The molecule has 1 fully saturated rings. The Morgan fingerprint density at radius 2 is 1.96 bits per heavy atom. The molecular formula is C20H22N4O2S. The summed E-state index contributed by atoms with van der Waals surface area (Å²) in [4.78, 5) is 11.3. The molecule has 1 aliphatic heterocycles. The Bertz CT molecular complexity index is 1070. The van der Waals surface area contributed by atoms with Crippen molar-refractivity contribution >= 4 is 26.7 Å². The van der Waals surface area contributed by atoms with Crippen LogP contribution in [-0.2, 0) is 10.0 Å². The predicted molar refractivity (Wildman–Crippen MR) is 108 cm³/mol. The summed E-state index contributed by atoms with van der Waals surface area (Å²) in [7, 11) is -3.15. The summed E-state index contributed by atoms with van der Waals surface area (Å²) in [5.41, 5.74) is 1.95. The van der Waals surface area contributed by atoms with E-state index >= 15 is 0 Å². The summed E-state index contributed by atoms with van der Waals surface area (Å²) in [5, 5.41) is 2.39. The summed E-state index contributed by atoms with van der Waals surface area (Å²) in [5.74, 6) is 0.968. The van der Waals surface area contributed by atoms with E-state index in [0.717, 1.165) is 30.8 Å². The number of benzene rings is 2. The quantitative estimate of drug-likeness (QED) is 0.734. The van der Waals surface area contributed by atoms with Crippen LogP contribution in [0.15, 0.2) is 54.7 Å². The van der Waals surface area contributed by atoms with Crippen LogP contribution in [0.4, 0.5) is 5.95 Å². The summed E-state index contributed by atoms with van der Waals surface area (Å²) >= 11 is 0. The lowest BCUT2D eigenvalue weighted by molar-refractivity contribution is 0.545. The van der Waals surface area contributed by atoms with Crippen molar-refractivity contribution in [3.8, 4) is 11.3 Å². The largest absolute Gasteiger partial charge is 0.340 e. The van der Waals surface area contributed by atoms with Gasteiger partial charge in [-0.25, -0.2) is 23.1 Å². The third-order valence-electron chi connectivity index (χ3n) is 4.89. The number of nitrogens with zero attached hydrogens (tertiary/aromatic N) is 3. The molecule has 0 spiro atoms. The highest BCUT2D eigenvalue weighted by Crippen LogP contribution is 2.26. The van der Waals surface area contributed by atoms with E-state index in [0.29, 0.717) is 12.5 Å². The van der Waals surface area contributed by atoms with Crippen molar-refractivity contribution in [3.05, 3.63) is 54.7 Å². The van der Waals surface area contributed by atoms with Crippen LogP contribution in [0.25, 0.3) is 22.0 Å². The van der Waals surface area contributed by atoms with Crippen molar-refractivity contribution in [3.63, 3.8) is 0 Å². The number of hydrogen-bond donors (Lipinski definition) is 1. The highest BCUT2D eigenvalue weighted by Gasteiger charge is 2.25. The number of anilines is 1. The number of hydrogen-bond acceptors (Lipinski definition) is 5. The Morgan fingerprint density at radius 1 is 1.15 bits per heavy atom. The summed E-state index contributed by atoms with van der Waals surface area (Å²) < 4.78 is 25.2. The molecule has 0 radical (unpaired) electrons. The van der Waals surface area contributed by atoms with Gasteiger partial charge in [-0.05, 0) is 35.2 Å². The van der Waals surface area contributed by atoms with Crippen molar-refractivity contribution in [2.75, 3.05) is 30.8 Å². The zero-order valence-electron chi connectivity index (χ0n) is 15.2. The Labute approximate surface area is 159 Å². The summed E-state index contributed by atoms with van der Waals surface area (Å²) in [6, 6.07) is 16.5. The monoisotopic (exact) mass is 382 g/mol. The lowest BCUT2D eigenvalue weighted by Crippen LogP contribution is -2.30. The van der Waals surface area contributed by atoms with Gasteiger partial charge in [-0.2, -0.15) is 0 Å². The van der Waals surface area contributed by atoms with E-state index in [-0.39, 0.29) is 5.92 Å². The maximum absolute atomic E-state index is 11.3. The second kappa shape index (κ2) is 7.25. The van der Waals surface area contributed by atoms with Crippen molar-refractivity contribution in [1.82, 2.24) is 14.7 Å². The molecule has 7 heteroatoms. The number of nitrogens with one attached hydrogen (secondary N) is 1. The Morgan fingerprint density at radius 3 is 2.78 bits per heavy atom. The zero-order valence-corrected chi connectivity index (χ0v) is 16.0. The van der Waals surface area contributed by atoms with Gasteiger partial charge in [0.05, 0.1) is 11.9 Å². The standard InChI is InChI=1S/C20H22N4O2S/c1-27(25,26)22-13-15-9-11-24(14-15)20-21-10-8-19(23-20)18-7-6-16-4-2-3-5-17(16)12-18/h2-8,10,12,15,22H,9,11,13-14H2,1H3. The minimum absolute atomic E-state index is 0.271. The number of rotatable bonds is 5. The molecule has 1 aliphatic rings. The van der Waals surface area contributed by atoms with Gasteiger partial charge in [0.1, 0.15) is 0 Å². The highest BCUT2D eigenvalue weighted by atomic mass is 32.2. The van der Waals surface area contributed by atoms with Crippen molar-refractivity contribution in [1.29, 1.82) is 0 Å². The predicted octanol–water partition coefficient (Wildman–Crippen LogP) is 2.67. The first-order valence-corrected chi connectivity index (χ1v) is 10.9. The number of aromatic nitrogens is 2. The van der Waals surface area contributed by atoms with Gasteiger partial charge in [-0.3, -0.25) is 0 Å². The molecule has 3 aromatic rings. The van der Waals surface area contributed by atoms with Gasteiger partial charge in [0.25, 0.3) is 0 Å². The first kappa shape index (κ1) is 17.9. The normalized spacial score (nSPS) is 17.5.